The van der Waals surface area contributed by atoms with Crippen LogP contribution in [0.5, 0.6) is 0 Å². The Labute approximate surface area is 117 Å². The molecule has 1 aromatic heterocycles. The summed E-state index contributed by atoms with van der Waals surface area (Å²) < 4.78 is 5.61. The highest BCUT2D eigenvalue weighted by atomic mass is 16.5. The quantitative estimate of drug-likeness (QED) is 0.602. The van der Waals surface area contributed by atoms with Crippen LogP contribution in [-0.4, -0.2) is 33.7 Å². The van der Waals surface area contributed by atoms with Gasteiger partial charge in [0, 0.05) is 6.54 Å². The Morgan fingerprint density at radius 3 is 2.67 bits per heavy atom. The molecule has 0 unspecified atom stereocenters. The molecule has 0 amide bonds. The summed E-state index contributed by atoms with van der Waals surface area (Å²) in [6.07, 6.45) is -0.0738. The Morgan fingerprint density at radius 1 is 1.33 bits per heavy atom. The number of carbonyl (C=O) groups is 2. The first kappa shape index (κ1) is 14.5. The van der Waals surface area contributed by atoms with Gasteiger partial charge in [0.2, 0.25) is 0 Å². The largest absolute Gasteiger partial charge is 0.478 e. The summed E-state index contributed by atoms with van der Waals surface area (Å²) in [7, 11) is 1.22. The SMILES string of the molecule is COC(=O)CCn1c(=O)c(=O)[nH]c2cc(C(=O)O)ccc21. The molecule has 0 saturated heterocycles. The van der Waals surface area contributed by atoms with Crippen molar-refractivity contribution in [3.05, 3.63) is 44.5 Å². The summed E-state index contributed by atoms with van der Waals surface area (Å²) in [4.78, 5) is 47.8. The number of fused-ring (bicyclic) bond motifs is 1. The molecule has 2 N–H and O–H groups in total. The van der Waals surface area contributed by atoms with Gasteiger partial charge in [-0.1, -0.05) is 0 Å². The zero-order valence-electron chi connectivity index (χ0n) is 11.1. The van der Waals surface area contributed by atoms with Gasteiger partial charge in [0.05, 0.1) is 30.1 Å². The number of aromatic carboxylic acids is 1. The number of carbonyl (C=O) groups excluding carboxylic acids is 1. The zero-order chi connectivity index (χ0) is 15.6. The molecule has 8 nitrogen and oxygen atoms in total. The van der Waals surface area contributed by atoms with Crippen LogP contribution in [0.15, 0.2) is 27.8 Å². The third-order valence-corrected chi connectivity index (χ3v) is 2.99. The topological polar surface area (TPSA) is 118 Å². The van der Waals surface area contributed by atoms with E-state index in [1.54, 1.807) is 0 Å². The molecule has 21 heavy (non-hydrogen) atoms. The van der Waals surface area contributed by atoms with Crippen LogP contribution in [-0.2, 0) is 16.1 Å². The number of carboxylic acid groups (broad SMARTS) is 1. The molecule has 110 valence electrons. The summed E-state index contributed by atoms with van der Waals surface area (Å²) in [5.74, 6) is -1.66. The maximum atomic E-state index is 11.9. The number of hydrogen-bond donors (Lipinski definition) is 2. The monoisotopic (exact) mass is 292 g/mol. The number of aromatic amines is 1. The minimum absolute atomic E-state index is 0.0173. The first-order valence-electron chi connectivity index (χ1n) is 6.01. The van der Waals surface area contributed by atoms with Crippen molar-refractivity contribution in [2.45, 2.75) is 13.0 Å². The van der Waals surface area contributed by atoms with Gasteiger partial charge < -0.3 is 19.4 Å². The molecule has 1 aromatic carbocycles. The van der Waals surface area contributed by atoms with Crippen molar-refractivity contribution in [3.8, 4) is 0 Å². The molecule has 0 aliphatic heterocycles. The minimum atomic E-state index is -1.15. The number of nitrogens with zero attached hydrogens (tertiary/aromatic N) is 1. The average molecular weight is 292 g/mol. The Hall–Kier alpha value is -2.90. The van der Waals surface area contributed by atoms with Crippen molar-refractivity contribution in [2.24, 2.45) is 0 Å². The maximum absolute atomic E-state index is 11.9. The Balaban J connectivity index is 2.60. The van der Waals surface area contributed by atoms with Crippen molar-refractivity contribution in [1.82, 2.24) is 9.55 Å². The lowest BCUT2D eigenvalue weighted by Gasteiger charge is -2.09. The molecule has 1 heterocycles. The van der Waals surface area contributed by atoms with Crippen LogP contribution < -0.4 is 11.1 Å². The fourth-order valence-corrected chi connectivity index (χ4v) is 1.94. The normalized spacial score (nSPS) is 10.5. The van der Waals surface area contributed by atoms with E-state index in [1.807, 2.05) is 0 Å². The molecule has 0 saturated carbocycles. The van der Waals surface area contributed by atoms with E-state index in [-0.39, 0.29) is 24.0 Å². The lowest BCUT2D eigenvalue weighted by molar-refractivity contribution is -0.140. The van der Waals surface area contributed by atoms with E-state index in [2.05, 4.69) is 9.72 Å². The number of ether oxygens (including phenoxy) is 1. The van der Waals surface area contributed by atoms with E-state index in [0.717, 1.165) is 4.57 Å². The van der Waals surface area contributed by atoms with Crippen molar-refractivity contribution in [2.75, 3.05) is 7.11 Å². The van der Waals surface area contributed by atoms with Gasteiger partial charge in [-0.15, -0.1) is 0 Å². The highest BCUT2D eigenvalue weighted by Crippen LogP contribution is 2.12. The number of esters is 1. The Morgan fingerprint density at radius 2 is 2.05 bits per heavy atom. The van der Waals surface area contributed by atoms with Gasteiger partial charge in [-0.25, -0.2) is 4.79 Å². The molecular formula is C13H12N2O6. The van der Waals surface area contributed by atoms with Gasteiger partial charge in [-0.2, -0.15) is 0 Å². The van der Waals surface area contributed by atoms with E-state index >= 15 is 0 Å². The van der Waals surface area contributed by atoms with Gasteiger partial charge in [-0.05, 0) is 18.2 Å². The number of aromatic nitrogens is 2. The third-order valence-electron chi connectivity index (χ3n) is 2.99. The molecule has 0 bridgehead atoms. The Bertz CT molecular complexity index is 833. The first-order valence-corrected chi connectivity index (χ1v) is 6.01. The van der Waals surface area contributed by atoms with Crippen molar-refractivity contribution < 1.29 is 19.4 Å². The van der Waals surface area contributed by atoms with Crippen LogP contribution >= 0.6 is 0 Å². The van der Waals surface area contributed by atoms with E-state index < -0.39 is 23.1 Å². The smallest absolute Gasteiger partial charge is 0.335 e. The van der Waals surface area contributed by atoms with Crippen LogP contribution in [0.2, 0.25) is 0 Å². The summed E-state index contributed by atoms with van der Waals surface area (Å²) in [6.45, 7) is -0.0294. The molecular weight excluding hydrogens is 280 g/mol. The molecule has 2 rings (SSSR count). The summed E-state index contributed by atoms with van der Waals surface area (Å²) in [5.41, 5.74) is -1.15. The number of rotatable bonds is 4. The molecule has 0 spiro atoms. The number of H-pyrrole nitrogens is 1. The van der Waals surface area contributed by atoms with Gasteiger partial charge in [0.1, 0.15) is 0 Å². The minimum Gasteiger partial charge on any atom is -0.478 e. The van der Waals surface area contributed by atoms with Gasteiger partial charge in [0.15, 0.2) is 0 Å². The molecule has 0 atom stereocenters. The molecule has 8 heteroatoms. The van der Waals surface area contributed by atoms with Crippen LogP contribution in [0, 0.1) is 0 Å². The fourth-order valence-electron chi connectivity index (χ4n) is 1.94. The summed E-state index contributed by atoms with van der Waals surface area (Å²) in [5, 5.41) is 8.92. The van der Waals surface area contributed by atoms with Crippen LogP contribution in [0.3, 0.4) is 0 Å². The second-order valence-electron chi connectivity index (χ2n) is 4.27. The van der Waals surface area contributed by atoms with Gasteiger partial charge in [-0.3, -0.25) is 14.4 Å². The molecule has 0 radical (unpaired) electrons. The number of methoxy groups -OCH3 is 1. The Kier molecular flexibility index (Phi) is 3.88. The van der Waals surface area contributed by atoms with Gasteiger partial charge >= 0.3 is 23.1 Å². The van der Waals surface area contributed by atoms with Crippen molar-refractivity contribution in [1.29, 1.82) is 0 Å². The second-order valence-corrected chi connectivity index (χ2v) is 4.27. The standard InChI is InChI=1S/C13H12N2O6/c1-21-10(16)4-5-15-9-3-2-7(13(19)20)6-8(9)14-11(17)12(15)18/h2-3,6H,4-5H2,1H3,(H,14,17)(H,19,20). The molecule has 0 fully saturated rings. The van der Waals surface area contributed by atoms with Gasteiger partial charge in [0.25, 0.3) is 0 Å². The number of aryl methyl sites for hydroxylation is 1. The highest BCUT2D eigenvalue weighted by Gasteiger charge is 2.12. The molecule has 2 aromatic rings. The third kappa shape index (κ3) is 2.83. The first-order chi connectivity index (χ1) is 9.93. The average Bonchev–Trinajstić information content (AvgIpc) is 2.46. The van der Waals surface area contributed by atoms with E-state index in [1.165, 1.54) is 25.3 Å². The maximum Gasteiger partial charge on any atom is 0.335 e. The molecule has 0 aliphatic rings. The van der Waals surface area contributed by atoms with E-state index in [4.69, 9.17) is 5.11 Å². The lowest BCUT2D eigenvalue weighted by atomic mass is 10.2. The number of carboxylic acids is 1. The van der Waals surface area contributed by atoms with Crippen molar-refractivity contribution in [3.63, 3.8) is 0 Å². The predicted octanol–water partition coefficient (Wildman–Crippen LogP) is -0.0489. The fraction of sp³-hybridized carbons (Fsp3) is 0.231. The highest BCUT2D eigenvalue weighted by molar-refractivity contribution is 5.92. The lowest BCUT2D eigenvalue weighted by Crippen LogP contribution is -2.36. The predicted molar refractivity (Wildman–Crippen MR) is 72.4 cm³/mol. The van der Waals surface area contributed by atoms with Crippen molar-refractivity contribution >= 4 is 23.0 Å². The summed E-state index contributed by atoms with van der Waals surface area (Å²) in [6, 6.07) is 3.98. The van der Waals surface area contributed by atoms with E-state index in [9.17, 15) is 19.2 Å². The second kappa shape index (κ2) is 5.61. The number of nitrogens with one attached hydrogen (secondary N) is 1. The number of benzene rings is 1. The number of hydrogen-bond acceptors (Lipinski definition) is 5. The van der Waals surface area contributed by atoms with Crippen LogP contribution in [0.25, 0.3) is 11.0 Å². The van der Waals surface area contributed by atoms with Crippen LogP contribution in [0.4, 0.5) is 0 Å². The van der Waals surface area contributed by atoms with E-state index in [0.29, 0.717) is 5.52 Å². The van der Waals surface area contributed by atoms with Crippen LogP contribution in [0.1, 0.15) is 16.8 Å². The summed E-state index contributed by atoms with van der Waals surface area (Å²) >= 11 is 0. The molecule has 0 aliphatic carbocycles. The zero-order valence-corrected chi connectivity index (χ0v) is 11.1.